The third-order valence-electron chi connectivity index (χ3n) is 5.74. The van der Waals surface area contributed by atoms with E-state index in [0.29, 0.717) is 9.80 Å². The molecule has 0 aromatic carbocycles. The fourth-order valence-corrected chi connectivity index (χ4v) is 5.14. The van der Waals surface area contributed by atoms with Gasteiger partial charge < -0.3 is 9.80 Å². The highest BCUT2D eigenvalue weighted by Gasteiger charge is 2.58. The minimum Gasteiger partial charge on any atom is -0.309 e. The molecular formula is C14H16F6N4O6S. The number of halogens is 6. The molecule has 4 bridgehead atoms. The van der Waals surface area contributed by atoms with E-state index in [0.717, 1.165) is 0 Å². The first-order valence-corrected chi connectivity index (χ1v) is 10.5. The van der Waals surface area contributed by atoms with Crippen LogP contribution in [0.15, 0.2) is 0 Å². The van der Waals surface area contributed by atoms with Crippen LogP contribution in [0.2, 0.25) is 0 Å². The van der Waals surface area contributed by atoms with Gasteiger partial charge in [0, 0.05) is 13.1 Å². The summed E-state index contributed by atoms with van der Waals surface area (Å²) in [5.41, 5.74) is 0. The lowest BCUT2D eigenvalue weighted by molar-refractivity contribution is -0.180. The van der Waals surface area contributed by atoms with E-state index in [1.54, 1.807) is 0 Å². The monoisotopic (exact) mass is 482 g/mol. The normalized spacial score (nSPS) is 31.8. The zero-order valence-corrected chi connectivity index (χ0v) is 16.3. The molecule has 0 aromatic rings. The fraction of sp³-hybridized carbons (Fsp3) is 0.857. The summed E-state index contributed by atoms with van der Waals surface area (Å²) in [5.74, 6) is 0. The molecule has 17 heteroatoms. The average Bonchev–Trinajstić information content (AvgIpc) is 3.00. The summed E-state index contributed by atoms with van der Waals surface area (Å²) in [6.07, 6.45) is -10.7. The molecule has 31 heavy (non-hydrogen) atoms. The lowest BCUT2D eigenvalue weighted by Crippen LogP contribution is -2.48. The molecular weight excluding hydrogens is 466 g/mol. The van der Waals surface area contributed by atoms with Crippen LogP contribution >= 0.6 is 0 Å². The van der Waals surface area contributed by atoms with Crippen molar-refractivity contribution >= 4 is 22.5 Å². The molecule has 0 N–H and O–H groups in total. The van der Waals surface area contributed by atoms with Gasteiger partial charge in [0.05, 0.1) is 12.1 Å². The molecule has 0 saturated carbocycles. The lowest BCUT2D eigenvalue weighted by Gasteiger charge is -2.31. The van der Waals surface area contributed by atoms with Gasteiger partial charge in [-0.3, -0.25) is 0 Å². The summed E-state index contributed by atoms with van der Waals surface area (Å²) in [6, 6.07) is -8.89. The van der Waals surface area contributed by atoms with Crippen molar-refractivity contribution in [2.24, 2.45) is 0 Å². The van der Waals surface area contributed by atoms with Gasteiger partial charge in [0.1, 0.15) is 12.1 Å². The van der Waals surface area contributed by atoms with Crippen molar-refractivity contribution in [1.82, 2.24) is 19.9 Å². The predicted octanol–water partition coefficient (Wildman–Crippen LogP) is 1.76. The van der Waals surface area contributed by atoms with Crippen LogP contribution in [0, 0.1) is 0 Å². The summed E-state index contributed by atoms with van der Waals surface area (Å²) in [7, 11) is -5.20. The largest absolute Gasteiger partial charge is 0.442 e. The van der Waals surface area contributed by atoms with E-state index in [9.17, 15) is 44.3 Å². The van der Waals surface area contributed by atoms with E-state index in [1.165, 1.54) is 0 Å². The van der Waals surface area contributed by atoms with Gasteiger partial charge in [-0.05, 0) is 25.7 Å². The maximum Gasteiger partial charge on any atom is 0.442 e. The van der Waals surface area contributed by atoms with E-state index in [2.05, 4.69) is 8.57 Å². The Labute approximate surface area is 171 Å². The number of carbonyl (C=O) groups is 2. The third kappa shape index (κ3) is 3.86. The van der Waals surface area contributed by atoms with Gasteiger partial charge in [-0.1, -0.05) is 0 Å². The molecule has 0 aromatic heterocycles. The van der Waals surface area contributed by atoms with Crippen LogP contribution in [0.25, 0.3) is 0 Å². The van der Waals surface area contributed by atoms with Gasteiger partial charge in [-0.2, -0.15) is 44.9 Å². The van der Waals surface area contributed by atoms with Crippen LogP contribution in [0.3, 0.4) is 0 Å². The smallest absolute Gasteiger partial charge is 0.309 e. The molecule has 0 spiro atoms. The van der Waals surface area contributed by atoms with Crippen molar-refractivity contribution in [1.29, 1.82) is 0 Å². The number of hydrogen-bond donors (Lipinski definition) is 0. The number of piperidine rings is 2. The van der Waals surface area contributed by atoms with Crippen molar-refractivity contribution in [2.45, 2.75) is 62.2 Å². The number of hydroxylamine groups is 4. The maximum absolute atomic E-state index is 13.1. The Morgan fingerprint density at radius 2 is 1.06 bits per heavy atom. The first-order valence-electron chi connectivity index (χ1n) is 9.16. The van der Waals surface area contributed by atoms with Crippen molar-refractivity contribution < 1.29 is 52.9 Å². The third-order valence-corrected chi connectivity index (χ3v) is 6.43. The molecule has 4 aliphatic heterocycles. The second kappa shape index (κ2) is 6.99. The Balaban J connectivity index is 1.45. The molecule has 4 amide bonds. The maximum atomic E-state index is 13.1. The Hall–Kier alpha value is -2.01. The van der Waals surface area contributed by atoms with E-state index in [-0.39, 0.29) is 23.0 Å². The molecule has 176 valence electrons. The van der Waals surface area contributed by atoms with Crippen molar-refractivity contribution in [3.8, 4) is 0 Å². The Bertz CT molecular complexity index is 818. The number of carbonyl (C=O) groups excluding carboxylic acids is 2. The van der Waals surface area contributed by atoms with E-state index in [1.807, 2.05) is 0 Å². The number of alkyl halides is 6. The minimum atomic E-state index is -5.20. The molecule has 4 heterocycles. The number of fused-ring (bicyclic) bond motifs is 4. The van der Waals surface area contributed by atoms with Crippen LogP contribution < -0.4 is 0 Å². The standard InChI is InChI=1S/C14H16F6N4O6S/c15-13(16,17)9-3-1-7-5-21(9)11(25)23(7)29-31(27,28)30-24-8-2-4-10(14(18,19)20)22(6-8)12(24)26/h7-10H,1-6H2. The number of amides is 4. The number of nitrogens with zero attached hydrogens (tertiary/aromatic N) is 4. The summed E-state index contributed by atoms with van der Waals surface area (Å²) in [6.45, 7) is -0.852. The second-order valence-corrected chi connectivity index (χ2v) is 8.77. The zero-order valence-electron chi connectivity index (χ0n) is 15.5. The molecule has 4 atom stereocenters. The van der Waals surface area contributed by atoms with E-state index >= 15 is 0 Å². The molecule has 4 aliphatic rings. The van der Waals surface area contributed by atoms with Crippen molar-refractivity contribution in [3.05, 3.63) is 0 Å². The Morgan fingerprint density at radius 1 is 0.710 bits per heavy atom. The molecule has 10 nitrogen and oxygen atoms in total. The minimum absolute atomic E-state index is 0.200. The second-order valence-electron chi connectivity index (χ2n) is 7.66. The van der Waals surface area contributed by atoms with E-state index in [4.69, 9.17) is 0 Å². The molecule has 4 rings (SSSR count). The number of rotatable bonds is 4. The molecule has 4 unspecified atom stereocenters. The van der Waals surface area contributed by atoms with Crippen LogP contribution in [0.4, 0.5) is 35.9 Å². The SMILES string of the molecule is O=C1N2CC(CCC2C(F)(F)F)N1OS(=O)(=O)ON1C(=O)N2CC1CCC2C(F)(F)F. The van der Waals surface area contributed by atoms with Gasteiger partial charge >= 0.3 is 34.8 Å². The highest BCUT2D eigenvalue weighted by molar-refractivity contribution is 7.81. The average molecular weight is 482 g/mol. The van der Waals surface area contributed by atoms with Gasteiger partial charge in [-0.25, -0.2) is 9.59 Å². The summed E-state index contributed by atoms with van der Waals surface area (Å²) < 4.78 is 112. The first-order chi connectivity index (χ1) is 14.2. The number of urea groups is 2. The lowest BCUT2D eigenvalue weighted by atomic mass is 10.0. The predicted molar refractivity (Wildman–Crippen MR) is 84.7 cm³/mol. The number of hydrogen-bond acceptors (Lipinski definition) is 6. The van der Waals surface area contributed by atoms with Gasteiger partial charge in [0.15, 0.2) is 0 Å². The van der Waals surface area contributed by atoms with E-state index < -0.39 is 84.9 Å². The zero-order chi connectivity index (χ0) is 22.9. The Morgan fingerprint density at radius 3 is 1.39 bits per heavy atom. The Kier molecular flexibility index (Phi) is 5.01. The quantitative estimate of drug-likeness (QED) is 0.567. The van der Waals surface area contributed by atoms with Gasteiger partial charge in [-0.15, -0.1) is 8.57 Å². The molecule has 4 fully saturated rings. The summed E-state index contributed by atoms with van der Waals surface area (Å²) in [5, 5.41) is 0.457. The summed E-state index contributed by atoms with van der Waals surface area (Å²) >= 11 is 0. The van der Waals surface area contributed by atoms with Crippen LogP contribution in [0.5, 0.6) is 0 Å². The first kappa shape index (κ1) is 22.2. The van der Waals surface area contributed by atoms with Crippen molar-refractivity contribution in [2.75, 3.05) is 13.1 Å². The van der Waals surface area contributed by atoms with Crippen molar-refractivity contribution in [3.63, 3.8) is 0 Å². The van der Waals surface area contributed by atoms with Gasteiger partial charge in [0.2, 0.25) is 0 Å². The van der Waals surface area contributed by atoms with Crippen LogP contribution in [-0.2, 0) is 19.0 Å². The van der Waals surface area contributed by atoms with Crippen LogP contribution in [-0.4, -0.2) is 90.0 Å². The molecule has 4 saturated heterocycles. The highest BCUT2D eigenvalue weighted by Crippen LogP contribution is 2.40. The fourth-order valence-electron chi connectivity index (χ4n) is 4.35. The summed E-state index contributed by atoms with van der Waals surface area (Å²) in [4.78, 5) is 25.4. The highest BCUT2D eigenvalue weighted by atomic mass is 32.3. The van der Waals surface area contributed by atoms with Crippen LogP contribution in [0.1, 0.15) is 25.7 Å². The topological polar surface area (TPSA) is 99.7 Å². The molecule has 0 aliphatic carbocycles. The van der Waals surface area contributed by atoms with Gasteiger partial charge in [0.25, 0.3) is 0 Å². The molecule has 0 radical (unpaired) electrons.